The number of carboxylic acid groups (broad SMARTS) is 2. The fourth-order valence-electron chi connectivity index (χ4n) is 4.78. The number of nitrogens with one attached hydrogen (secondary N) is 1. The van der Waals surface area contributed by atoms with Crippen LogP contribution in [-0.2, 0) is 16.1 Å². The van der Waals surface area contributed by atoms with E-state index in [-0.39, 0.29) is 18.9 Å². The lowest BCUT2D eigenvalue weighted by Gasteiger charge is -2.19. The highest BCUT2D eigenvalue weighted by Crippen LogP contribution is 2.41. The predicted octanol–water partition coefficient (Wildman–Crippen LogP) is 4.39. The fourth-order valence-corrected chi connectivity index (χ4v) is 4.78. The monoisotopic (exact) mass is 461 g/mol. The van der Waals surface area contributed by atoms with E-state index < -0.39 is 17.4 Å². The molecule has 2 aliphatic carbocycles. The molecule has 34 heavy (non-hydrogen) atoms. The molecule has 0 radical (unpaired) electrons. The van der Waals surface area contributed by atoms with Gasteiger partial charge in [-0.25, -0.2) is 0 Å². The van der Waals surface area contributed by atoms with Gasteiger partial charge in [0, 0.05) is 23.7 Å². The summed E-state index contributed by atoms with van der Waals surface area (Å²) >= 11 is 0. The van der Waals surface area contributed by atoms with Crippen LogP contribution in [0.1, 0.15) is 54.7 Å². The Hall–Kier alpha value is -3.52. The highest BCUT2D eigenvalue weighted by Gasteiger charge is 2.51. The summed E-state index contributed by atoms with van der Waals surface area (Å²) in [4.78, 5) is 27.6. The van der Waals surface area contributed by atoms with E-state index in [0.29, 0.717) is 30.6 Å². The van der Waals surface area contributed by atoms with Gasteiger partial charge in [-0.15, -0.1) is 0 Å². The zero-order valence-corrected chi connectivity index (χ0v) is 19.0. The first kappa shape index (κ1) is 22.3. The Balaban J connectivity index is 1.22. The maximum absolute atomic E-state index is 11.5. The minimum Gasteiger partial charge on any atom is -0.480 e. The minimum atomic E-state index is -1.69. The van der Waals surface area contributed by atoms with Gasteiger partial charge in [0.1, 0.15) is 0 Å². The number of aryl methyl sites for hydroxylation is 1. The molecule has 1 atom stereocenters. The van der Waals surface area contributed by atoms with Crippen LogP contribution in [0.15, 0.2) is 47.0 Å². The van der Waals surface area contributed by atoms with Gasteiger partial charge < -0.3 is 20.1 Å². The molecule has 3 N–H and O–H groups in total. The van der Waals surface area contributed by atoms with Crippen molar-refractivity contribution >= 4 is 11.9 Å². The lowest BCUT2D eigenvalue weighted by atomic mass is 9.86. The molecule has 5 rings (SSSR count). The molecule has 3 aromatic rings. The van der Waals surface area contributed by atoms with Gasteiger partial charge in [-0.3, -0.25) is 9.59 Å². The van der Waals surface area contributed by atoms with Crippen LogP contribution in [0.3, 0.4) is 0 Å². The second-order valence-corrected chi connectivity index (χ2v) is 9.48. The largest absolute Gasteiger partial charge is 0.480 e. The Kier molecular flexibility index (Phi) is 5.69. The van der Waals surface area contributed by atoms with Gasteiger partial charge in [0.25, 0.3) is 5.89 Å². The number of carbonyl (C=O) groups is 2. The van der Waals surface area contributed by atoms with Crippen LogP contribution in [0.5, 0.6) is 0 Å². The molecule has 176 valence electrons. The van der Waals surface area contributed by atoms with Crippen molar-refractivity contribution in [3.05, 3.63) is 59.2 Å². The molecule has 2 fully saturated rings. The van der Waals surface area contributed by atoms with Crippen LogP contribution in [0.2, 0.25) is 0 Å². The van der Waals surface area contributed by atoms with Crippen LogP contribution >= 0.6 is 0 Å². The van der Waals surface area contributed by atoms with E-state index in [0.717, 1.165) is 22.3 Å². The normalized spacial score (nSPS) is 19.3. The van der Waals surface area contributed by atoms with E-state index in [1.54, 1.807) is 0 Å². The number of rotatable bonds is 8. The number of aromatic nitrogens is 2. The molecule has 8 heteroatoms. The van der Waals surface area contributed by atoms with Gasteiger partial charge in [0.15, 0.2) is 5.41 Å². The first-order valence-corrected chi connectivity index (χ1v) is 11.6. The van der Waals surface area contributed by atoms with Crippen molar-refractivity contribution in [2.45, 2.75) is 57.5 Å². The van der Waals surface area contributed by atoms with Gasteiger partial charge in [-0.05, 0) is 67.7 Å². The van der Waals surface area contributed by atoms with Gasteiger partial charge in [-0.1, -0.05) is 41.6 Å². The molecule has 2 aliphatic rings. The molecule has 0 bridgehead atoms. The average Bonchev–Trinajstić information content (AvgIpc) is 3.38. The maximum Gasteiger partial charge on any atom is 0.321 e. The van der Waals surface area contributed by atoms with Crippen molar-refractivity contribution in [1.82, 2.24) is 15.5 Å². The summed E-state index contributed by atoms with van der Waals surface area (Å²) in [6, 6.07) is 14.0. The second kappa shape index (κ2) is 8.68. The number of nitrogens with zero attached hydrogens (tertiary/aromatic N) is 2. The minimum absolute atomic E-state index is 0.0858. The average molecular weight is 462 g/mol. The molecule has 0 saturated heterocycles. The highest BCUT2D eigenvalue weighted by atomic mass is 16.5. The summed E-state index contributed by atoms with van der Waals surface area (Å²) < 4.78 is 5.54. The van der Waals surface area contributed by atoms with E-state index >= 15 is 0 Å². The van der Waals surface area contributed by atoms with Crippen molar-refractivity contribution in [2.24, 2.45) is 5.41 Å². The molecule has 0 amide bonds. The maximum atomic E-state index is 11.5. The van der Waals surface area contributed by atoms with E-state index in [9.17, 15) is 19.8 Å². The highest BCUT2D eigenvalue weighted by molar-refractivity contribution is 5.98. The van der Waals surface area contributed by atoms with Crippen LogP contribution in [0.25, 0.3) is 22.8 Å². The summed E-state index contributed by atoms with van der Waals surface area (Å²) in [5.74, 6) is -0.806. The fraction of sp³-hybridized carbons (Fsp3) is 0.385. The first-order chi connectivity index (χ1) is 16.4. The summed E-state index contributed by atoms with van der Waals surface area (Å²) in [7, 11) is 0. The molecule has 2 saturated carbocycles. The summed E-state index contributed by atoms with van der Waals surface area (Å²) in [5, 5.41) is 26.2. The Morgan fingerprint density at radius 2 is 1.82 bits per heavy atom. The molecule has 0 aliphatic heterocycles. The standard InChI is InChI=1S/C26H27N3O5/c1-15-12-19(17-6-7-17)8-9-21(15)23-28-22(29-34-23)18-4-2-16(3-5-18)14-27-20-10-11-26(13-20,24(30)31)25(32)33/h2-5,8-9,12,17,20,27H,6-7,10-11,13-14H2,1H3,(H,30,31)(H,32,33). The SMILES string of the molecule is Cc1cc(C2CC2)ccc1-c1nc(-c2ccc(CNC3CCC(C(=O)O)(C(=O)O)C3)cc2)no1. The lowest BCUT2D eigenvalue weighted by Crippen LogP contribution is -2.39. The molecule has 2 aromatic carbocycles. The zero-order chi connectivity index (χ0) is 23.9. The van der Waals surface area contributed by atoms with E-state index in [1.165, 1.54) is 18.4 Å². The topological polar surface area (TPSA) is 126 Å². The van der Waals surface area contributed by atoms with Crippen molar-refractivity contribution in [3.8, 4) is 22.8 Å². The first-order valence-electron chi connectivity index (χ1n) is 11.6. The Morgan fingerprint density at radius 1 is 1.09 bits per heavy atom. The van der Waals surface area contributed by atoms with Crippen molar-refractivity contribution in [1.29, 1.82) is 0 Å². The molecule has 1 heterocycles. The second-order valence-electron chi connectivity index (χ2n) is 9.48. The van der Waals surface area contributed by atoms with Crippen LogP contribution in [-0.4, -0.2) is 38.3 Å². The quantitative estimate of drug-likeness (QED) is 0.422. The molecular formula is C26H27N3O5. The van der Waals surface area contributed by atoms with Gasteiger partial charge in [-0.2, -0.15) is 4.98 Å². The summed E-state index contributed by atoms with van der Waals surface area (Å²) in [5.41, 5.74) is 3.60. The van der Waals surface area contributed by atoms with E-state index in [2.05, 4.69) is 40.6 Å². The molecule has 8 nitrogen and oxygen atoms in total. The molecule has 1 aromatic heterocycles. The number of hydrogen-bond acceptors (Lipinski definition) is 6. The third-order valence-electron chi connectivity index (χ3n) is 7.10. The zero-order valence-electron chi connectivity index (χ0n) is 19.0. The van der Waals surface area contributed by atoms with Gasteiger partial charge >= 0.3 is 11.9 Å². The third kappa shape index (κ3) is 4.21. The smallest absolute Gasteiger partial charge is 0.321 e. The summed E-state index contributed by atoms with van der Waals surface area (Å²) in [6.07, 6.45) is 3.27. The van der Waals surface area contributed by atoms with Crippen LogP contribution in [0, 0.1) is 12.3 Å². The van der Waals surface area contributed by atoms with Crippen molar-refractivity contribution < 1.29 is 24.3 Å². The van der Waals surface area contributed by atoms with Crippen molar-refractivity contribution in [2.75, 3.05) is 0 Å². The number of hydrogen-bond donors (Lipinski definition) is 3. The molecular weight excluding hydrogens is 434 g/mol. The number of benzene rings is 2. The van der Waals surface area contributed by atoms with E-state index in [1.807, 2.05) is 24.3 Å². The Labute approximate surface area is 197 Å². The Morgan fingerprint density at radius 3 is 2.44 bits per heavy atom. The van der Waals surface area contributed by atoms with Crippen LogP contribution in [0.4, 0.5) is 0 Å². The van der Waals surface area contributed by atoms with Crippen LogP contribution < -0.4 is 5.32 Å². The number of aliphatic carboxylic acids is 2. The predicted molar refractivity (Wildman–Crippen MR) is 124 cm³/mol. The summed E-state index contributed by atoms with van der Waals surface area (Å²) in [6.45, 7) is 2.58. The van der Waals surface area contributed by atoms with E-state index in [4.69, 9.17) is 4.52 Å². The third-order valence-corrected chi connectivity index (χ3v) is 7.10. The molecule has 1 unspecified atom stereocenters. The molecule has 0 spiro atoms. The lowest BCUT2D eigenvalue weighted by molar-refractivity contribution is -0.164. The van der Waals surface area contributed by atoms with Crippen molar-refractivity contribution in [3.63, 3.8) is 0 Å². The number of carboxylic acids is 2. The Bertz CT molecular complexity index is 1220. The van der Waals surface area contributed by atoms with Gasteiger partial charge in [0.2, 0.25) is 5.82 Å². The van der Waals surface area contributed by atoms with Gasteiger partial charge in [0.05, 0.1) is 0 Å².